The molecule has 0 atom stereocenters. The second kappa shape index (κ2) is 3.18. The molecule has 13 heavy (non-hydrogen) atoms. The lowest BCUT2D eigenvalue weighted by Gasteiger charge is -1.98. The number of halogens is 1. The third-order valence-electron chi connectivity index (χ3n) is 1.55. The van der Waals surface area contributed by atoms with Crippen molar-refractivity contribution >= 4 is 15.9 Å². The molecule has 1 aromatic heterocycles. The number of hydrogen-bond donors (Lipinski definition) is 1. The molecule has 0 unspecified atom stereocenters. The Morgan fingerprint density at radius 2 is 2.23 bits per heavy atom. The van der Waals surface area contributed by atoms with Crippen LogP contribution in [-0.2, 0) is 0 Å². The van der Waals surface area contributed by atoms with Gasteiger partial charge in [0.05, 0.1) is 5.56 Å². The molecular formula is C8H5BrN2O2. The molecule has 2 aromatic rings. The Bertz CT molecular complexity index is 414. The van der Waals surface area contributed by atoms with E-state index in [4.69, 9.17) is 4.42 Å². The Hall–Kier alpha value is -1.36. The second-order valence-electron chi connectivity index (χ2n) is 2.41. The van der Waals surface area contributed by atoms with Crippen LogP contribution in [0.1, 0.15) is 0 Å². The maximum Gasteiger partial charge on any atom is 0.251 e. The van der Waals surface area contributed by atoms with Crippen molar-refractivity contribution in [2.75, 3.05) is 0 Å². The topological polar surface area (TPSA) is 59.2 Å². The van der Waals surface area contributed by atoms with Crippen LogP contribution in [0.5, 0.6) is 5.75 Å². The van der Waals surface area contributed by atoms with E-state index in [0.717, 1.165) is 4.47 Å². The molecule has 4 nitrogen and oxygen atoms in total. The molecule has 0 saturated heterocycles. The van der Waals surface area contributed by atoms with Crippen molar-refractivity contribution in [2.45, 2.75) is 0 Å². The summed E-state index contributed by atoms with van der Waals surface area (Å²) in [5.41, 5.74) is 0.520. The first-order valence-corrected chi connectivity index (χ1v) is 4.32. The van der Waals surface area contributed by atoms with Crippen molar-refractivity contribution in [3.05, 3.63) is 29.1 Å². The van der Waals surface area contributed by atoms with Gasteiger partial charge in [-0.05, 0) is 18.2 Å². The van der Waals surface area contributed by atoms with Crippen LogP contribution < -0.4 is 0 Å². The minimum absolute atomic E-state index is 0.118. The molecule has 1 N–H and O–H groups in total. The summed E-state index contributed by atoms with van der Waals surface area (Å²) in [5.74, 6) is 0.422. The predicted octanol–water partition coefficient (Wildman–Crippen LogP) is 2.20. The Morgan fingerprint density at radius 3 is 2.92 bits per heavy atom. The van der Waals surface area contributed by atoms with Gasteiger partial charge in [0, 0.05) is 4.47 Å². The van der Waals surface area contributed by atoms with Gasteiger partial charge in [0.2, 0.25) is 6.39 Å². The van der Waals surface area contributed by atoms with Crippen molar-refractivity contribution in [3.63, 3.8) is 0 Å². The second-order valence-corrected chi connectivity index (χ2v) is 3.32. The van der Waals surface area contributed by atoms with Crippen molar-refractivity contribution in [2.24, 2.45) is 0 Å². The average molecular weight is 241 g/mol. The van der Waals surface area contributed by atoms with Crippen LogP contribution in [0.2, 0.25) is 0 Å². The molecule has 1 heterocycles. The van der Waals surface area contributed by atoms with Gasteiger partial charge in [-0.2, -0.15) is 0 Å². The van der Waals surface area contributed by atoms with E-state index in [1.54, 1.807) is 18.2 Å². The number of hydrogen-bond acceptors (Lipinski definition) is 4. The van der Waals surface area contributed by atoms with Crippen LogP contribution in [-0.4, -0.2) is 15.3 Å². The van der Waals surface area contributed by atoms with E-state index in [9.17, 15) is 5.11 Å². The largest absolute Gasteiger partial charge is 0.507 e. The summed E-state index contributed by atoms with van der Waals surface area (Å²) >= 11 is 3.28. The van der Waals surface area contributed by atoms with E-state index < -0.39 is 0 Å². The van der Waals surface area contributed by atoms with Gasteiger partial charge in [0.25, 0.3) is 5.89 Å². The van der Waals surface area contributed by atoms with Crippen molar-refractivity contribution in [1.82, 2.24) is 10.2 Å². The number of nitrogens with zero attached hydrogens (tertiary/aromatic N) is 2. The average Bonchev–Trinajstić information content (AvgIpc) is 2.61. The summed E-state index contributed by atoms with van der Waals surface area (Å²) in [5, 5.41) is 16.7. The Morgan fingerprint density at radius 1 is 1.38 bits per heavy atom. The smallest absolute Gasteiger partial charge is 0.251 e. The highest BCUT2D eigenvalue weighted by Gasteiger charge is 2.09. The third-order valence-corrected chi connectivity index (χ3v) is 2.04. The zero-order chi connectivity index (χ0) is 9.26. The number of phenols is 1. The van der Waals surface area contributed by atoms with E-state index >= 15 is 0 Å². The molecular weight excluding hydrogens is 236 g/mol. The van der Waals surface area contributed by atoms with Crippen LogP contribution in [0.25, 0.3) is 11.5 Å². The standard InChI is InChI=1S/C8H5BrN2O2/c9-5-1-2-7(12)6(3-5)8-11-10-4-13-8/h1-4,12H. The van der Waals surface area contributed by atoms with Crippen molar-refractivity contribution < 1.29 is 9.52 Å². The fourth-order valence-electron chi connectivity index (χ4n) is 0.970. The van der Waals surface area contributed by atoms with Gasteiger partial charge < -0.3 is 9.52 Å². The quantitative estimate of drug-likeness (QED) is 0.831. The van der Waals surface area contributed by atoms with Gasteiger partial charge in [-0.1, -0.05) is 15.9 Å². The van der Waals surface area contributed by atoms with Gasteiger partial charge in [0.1, 0.15) is 5.75 Å². The fraction of sp³-hybridized carbons (Fsp3) is 0. The SMILES string of the molecule is Oc1ccc(Br)cc1-c1nnco1. The lowest BCUT2D eigenvalue weighted by Crippen LogP contribution is -1.79. The summed E-state index contributed by atoms with van der Waals surface area (Å²) in [7, 11) is 0. The molecule has 5 heteroatoms. The Kier molecular flexibility index (Phi) is 2.02. The Labute approximate surface area is 82.4 Å². The molecule has 1 aromatic carbocycles. The highest BCUT2D eigenvalue weighted by atomic mass is 79.9. The molecule has 0 aliphatic heterocycles. The Balaban J connectivity index is 2.57. The molecule has 0 spiro atoms. The summed E-state index contributed by atoms with van der Waals surface area (Å²) in [6.07, 6.45) is 1.22. The first kappa shape index (κ1) is 8.25. The summed E-state index contributed by atoms with van der Waals surface area (Å²) in [6.45, 7) is 0. The minimum atomic E-state index is 0.118. The van der Waals surface area contributed by atoms with E-state index in [2.05, 4.69) is 26.1 Å². The molecule has 0 fully saturated rings. The molecule has 2 rings (SSSR count). The van der Waals surface area contributed by atoms with Gasteiger partial charge in [0.15, 0.2) is 0 Å². The number of aromatic hydroxyl groups is 1. The van der Waals surface area contributed by atoms with E-state index in [-0.39, 0.29) is 5.75 Å². The van der Waals surface area contributed by atoms with Gasteiger partial charge >= 0.3 is 0 Å². The zero-order valence-corrected chi connectivity index (χ0v) is 8.02. The first-order chi connectivity index (χ1) is 6.27. The number of rotatable bonds is 1. The monoisotopic (exact) mass is 240 g/mol. The van der Waals surface area contributed by atoms with Crippen LogP contribution in [0.3, 0.4) is 0 Å². The minimum Gasteiger partial charge on any atom is -0.507 e. The molecule has 0 bridgehead atoms. The highest BCUT2D eigenvalue weighted by Crippen LogP contribution is 2.29. The summed E-state index contributed by atoms with van der Waals surface area (Å²) < 4.78 is 5.80. The molecule has 0 radical (unpaired) electrons. The maximum absolute atomic E-state index is 9.46. The lowest BCUT2D eigenvalue weighted by molar-refractivity contribution is 0.472. The first-order valence-electron chi connectivity index (χ1n) is 3.52. The van der Waals surface area contributed by atoms with E-state index in [1.165, 1.54) is 6.39 Å². The van der Waals surface area contributed by atoms with E-state index in [1.807, 2.05) is 0 Å². The van der Waals surface area contributed by atoms with Crippen LogP contribution >= 0.6 is 15.9 Å². The molecule has 0 aliphatic carbocycles. The predicted molar refractivity (Wildman–Crippen MR) is 49.1 cm³/mol. The fourth-order valence-corrected chi connectivity index (χ4v) is 1.33. The number of benzene rings is 1. The van der Waals surface area contributed by atoms with Crippen LogP contribution in [0.4, 0.5) is 0 Å². The van der Waals surface area contributed by atoms with Crippen molar-refractivity contribution in [1.29, 1.82) is 0 Å². The zero-order valence-electron chi connectivity index (χ0n) is 6.44. The normalized spacial score (nSPS) is 10.2. The summed E-state index contributed by atoms with van der Waals surface area (Å²) in [6, 6.07) is 5.00. The van der Waals surface area contributed by atoms with Crippen LogP contribution in [0, 0.1) is 0 Å². The summed E-state index contributed by atoms with van der Waals surface area (Å²) in [4.78, 5) is 0. The lowest BCUT2D eigenvalue weighted by atomic mass is 10.2. The van der Waals surface area contributed by atoms with Crippen LogP contribution in [0.15, 0.2) is 33.5 Å². The molecule has 66 valence electrons. The van der Waals surface area contributed by atoms with Gasteiger partial charge in [-0.25, -0.2) is 0 Å². The van der Waals surface area contributed by atoms with E-state index in [0.29, 0.717) is 11.5 Å². The van der Waals surface area contributed by atoms with Gasteiger partial charge in [-0.3, -0.25) is 0 Å². The number of aromatic nitrogens is 2. The maximum atomic E-state index is 9.46. The number of phenolic OH excluding ortho intramolecular Hbond substituents is 1. The van der Waals surface area contributed by atoms with Gasteiger partial charge in [-0.15, -0.1) is 10.2 Å². The van der Waals surface area contributed by atoms with Crippen molar-refractivity contribution in [3.8, 4) is 17.2 Å². The highest BCUT2D eigenvalue weighted by molar-refractivity contribution is 9.10. The molecule has 0 saturated carbocycles. The molecule has 0 amide bonds. The molecule has 0 aliphatic rings. The third kappa shape index (κ3) is 1.55.